The largest absolute Gasteiger partial charge is 0.376 e. The first-order valence-corrected chi connectivity index (χ1v) is 6.63. The molecule has 2 heterocycles. The van der Waals surface area contributed by atoms with Crippen molar-refractivity contribution in [2.75, 3.05) is 25.1 Å². The molecule has 18 heavy (non-hydrogen) atoms. The molecule has 1 fully saturated rings. The maximum Gasteiger partial charge on any atom is 0.130 e. The van der Waals surface area contributed by atoms with Crippen LogP contribution in [0.5, 0.6) is 0 Å². The lowest BCUT2D eigenvalue weighted by Gasteiger charge is -2.29. The summed E-state index contributed by atoms with van der Waals surface area (Å²) in [6.07, 6.45) is 2.22. The maximum atomic E-state index is 5.71. The first-order chi connectivity index (χ1) is 8.56. The molecule has 5 heteroatoms. The molecular weight excluding hydrogens is 228 g/mol. The molecule has 1 aromatic heterocycles. The van der Waals surface area contributed by atoms with E-state index in [0.717, 1.165) is 25.1 Å². The third kappa shape index (κ3) is 2.24. The van der Waals surface area contributed by atoms with Gasteiger partial charge in [-0.15, -0.1) is 0 Å². The number of rotatable bonds is 4. The van der Waals surface area contributed by atoms with Gasteiger partial charge in [-0.2, -0.15) is 5.10 Å². The smallest absolute Gasteiger partial charge is 0.130 e. The van der Waals surface area contributed by atoms with Gasteiger partial charge in [-0.1, -0.05) is 0 Å². The second-order valence-corrected chi connectivity index (χ2v) is 5.09. The van der Waals surface area contributed by atoms with Crippen molar-refractivity contribution in [3.05, 3.63) is 11.3 Å². The molecule has 0 aliphatic carbocycles. The zero-order valence-corrected chi connectivity index (χ0v) is 11.8. The van der Waals surface area contributed by atoms with Crippen LogP contribution in [-0.2, 0) is 18.2 Å². The Kier molecular flexibility index (Phi) is 3.92. The Labute approximate surface area is 109 Å². The highest BCUT2D eigenvalue weighted by molar-refractivity contribution is 5.51. The van der Waals surface area contributed by atoms with E-state index in [1.54, 1.807) is 0 Å². The Bertz CT molecular complexity index is 415. The summed E-state index contributed by atoms with van der Waals surface area (Å²) in [6, 6.07) is 0.427. The molecule has 0 radical (unpaired) electrons. The summed E-state index contributed by atoms with van der Waals surface area (Å²) < 4.78 is 7.62. The fourth-order valence-corrected chi connectivity index (χ4v) is 2.95. The number of aryl methyl sites for hydroxylation is 2. The summed E-state index contributed by atoms with van der Waals surface area (Å²) in [5.74, 6) is 1.18. The number of nitrogens with two attached hydrogens (primary N) is 1. The average molecular weight is 252 g/mol. The minimum atomic E-state index is 0.274. The Hall–Kier alpha value is -1.07. The molecule has 1 aliphatic rings. The molecule has 2 N–H and O–H groups in total. The third-order valence-corrected chi connectivity index (χ3v) is 3.88. The minimum absolute atomic E-state index is 0.274. The number of nitrogens with zero attached hydrogens (tertiary/aromatic N) is 3. The summed E-state index contributed by atoms with van der Waals surface area (Å²) in [5.41, 5.74) is 8.05. The van der Waals surface area contributed by atoms with Crippen molar-refractivity contribution < 1.29 is 4.74 Å². The fraction of sp³-hybridized carbons (Fsp3) is 0.769. The number of ether oxygens (including phenoxy) is 1. The second kappa shape index (κ2) is 5.28. The quantitative estimate of drug-likeness (QED) is 0.863. The van der Waals surface area contributed by atoms with E-state index in [0.29, 0.717) is 12.6 Å². The van der Waals surface area contributed by atoms with Crippen molar-refractivity contribution in [1.82, 2.24) is 9.78 Å². The van der Waals surface area contributed by atoms with E-state index in [-0.39, 0.29) is 6.10 Å². The third-order valence-electron chi connectivity index (χ3n) is 3.88. The zero-order chi connectivity index (χ0) is 13.3. The van der Waals surface area contributed by atoms with Gasteiger partial charge in [-0.3, -0.25) is 4.68 Å². The number of likely N-dealkylation sites (N-methyl/N-ethyl adjacent to an activating group) is 1. The van der Waals surface area contributed by atoms with E-state index in [1.807, 2.05) is 11.7 Å². The lowest BCUT2D eigenvalue weighted by molar-refractivity contribution is 0.118. The summed E-state index contributed by atoms with van der Waals surface area (Å²) in [4.78, 5) is 2.31. The predicted octanol–water partition coefficient (Wildman–Crippen LogP) is 0.843. The second-order valence-electron chi connectivity index (χ2n) is 5.09. The Balaban J connectivity index is 2.31. The van der Waals surface area contributed by atoms with E-state index in [4.69, 9.17) is 10.5 Å². The molecule has 2 atom stereocenters. The van der Waals surface area contributed by atoms with Gasteiger partial charge in [-0.05, 0) is 33.2 Å². The van der Waals surface area contributed by atoms with Gasteiger partial charge in [0.25, 0.3) is 0 Å². The molecule has 5 nitrogen and oxygen atoms in total. The van der Waals surface area contributed by atoms with E-state index in [2.05, 4.69) is 30.9 Å². The van der Waals surface area contributed by atoms with Gasteiger partial charge in [0, 0.05) is 26.3 Å². The molecule has 1 aliphatic heterocycles. The van der Waals surface area contributed by atoms with Gasteiger partial charge in [0.05, 0.1) is 17.8 Å². The van der Waals surface area contributed by atoms with Crippen molar-refractivity contribution in [3.8, 4) is 0 Å². The van der Waals surface area contributed by atoms with E-state index in [1.165, 1.54) is 11.4 Å². The van der Waals surface area contributed by atoms with Crippen molar-refractivity contribution in [1.29, 1.82) is 0 Å². The summed E-state index contributed by atoms with van der Waals surface area (Å²) >= 11 is 0. The number of hydrogen-bond donors (Lipinski definition) is 1. The number of aromatic nitrogens is 2. The highest BCUT2D eigenvalue weighted by atomic mass is 16.5. The molecule has 0 spiro atoms. The number of anilines is 1. The standard InChI is InChI=1S/C13H24N4O/c1-9-11(5-7-14)13(17(4)15-9)16(3)12-6-8-18-10(12)2/h10,12H,5-8,14H2,1-4H3. The average Bonchev–Trinajstić information content (AvgIpc) is 2.84. The predicted molar refractivity (Wildman–Crippen MR) is 72.9 cm³/mol. The van der Waals surface area contributed by atoms with E-state index in [9.17, 15) is 0 Å². The molecule has 2 unspecified atom stereocenters. The van der Waals surface area contributed by atoms with Crippen LogP contribution in [0.3, 0.4) is 0 Å². The normalized spacial score (nSPS) is 23.6. The monoisotopic (exact) mass is 252 g/mol. The van der Waals surface area contributed by atoms with Gasteiger partial charge >= 0.3 is 0 Å². The van der Waals surface area contributed by atoms with Gasteiger partial charge in [-0.25, -0.2) is 0 Å². The lowest BCUT2D eigenvalue weighted by Crippen LogP contribution is -2.38. The van der Waals surface area contributed by atoms with Crippen LogP contribution in [0.25, 0.3) is 0 Å². The van der Waals surface area contributed by atoms with Crippen molar-refractivity contribution >= 4 is 5.82 Å². The van der Waals surface area contributed by atoms with Crippen LogP contribution in [0.1, 0.15) is 24.6 Å². The fourth-order valence-electron chi connectivity index (χ4n) is 2.95. The SMILES string of the molecule is Cc1nn(C)c(N(C)C2CCOC2C)c1CCN. The van der Waals surface area contributed by atoms with Crippen LogP contribution in [0.4, 0.5) is 5.82 Å². The van der Waals surface area contributed by atoms with E-state index >= 15 is 0 Å². The molecule has 0 aromatic carbocycles. The van der Waals surface area contributed by atoms with Gasteiger partial charge in [0.2, 0.25) is 0 Å². The van der Waals surface area contributed by atoms with Crippen LogP contribution in [0, 0.1) is 6.92 Å². The Morgan fingerprint density at radius 2 is 2.28 bits per heavy atom. The van der Waals surface area contributed by atoms with Crippen molar-refractivity contribution in [2.45, 2.75) is 38.8 Å². The minimum Gasteiger partial charge on any atom is -0.376 e. The molecule has 1 aromatic rings. The van der Waals surface area contributed by atoms with Gasteiger partial charge in [0.15, 0.2) is 0 Å². The van der Waals surface area contributed by atoms with Crippen LogP contribution in [-0.4, -0.2) is 42.1 Å². The molecule has 2 rings (SSSR count). The molecule has 0 amide bonds. The Morgan fingerprint density at radius 3 is 2.83 bits per heavy atom. The van der Waals surface area contributed by atoms with Crippen LogP contribution < -0.4 is 10.6 Å². The highest BCUT2D eigenvalue weighted by Crippen LogP contribution is 2.28. The molecular formula is C13H24N4O. The van der Waals surface area contributed by atoms with Gasteiger partial charge < -0.3 is 15.4 Å². The number of hydrogen-bond acceptors (Lipinski definition) is 4. The Morgan fingerprint density at radius 1 is 1.56 bits per heavy atom. The molecule has 102 valence electrons. The first-order valence-electron chi connectivity index (χ1n) is 6.63. The van der Waals surface area contributed by atoms with Crippen molar-refractivity contribution in [3.63, 3.8) is 0 Å². The molecule has 1 saturated heterocycles. The zero-order valence-electron chi connectivity index (χ0n) is 11.8. The summed E-state index contributed by atoms with van der Waals surface area (Å²) in [5, 5.41) is 4.53. The van der Waals surface area contributed by atoms with Crippen molar-refractivity contribution in [2.24, 2.45) is 12.8 Å². The summed E-state index contributed by atoms with van der Waals surface area (Å²) in [7, 11) is 4.13. The van der Waals surface area contributed by atoms with E-state index < -0.39 is 0 Å². The first kappa shape index (κ1) is 13.4. The topological polar surface area (TPSA) is 56.3 Å². The maximum absolute atomic E-state index is 5.71. The van der Waals surface area contributed by atoms with Crippen LogP contribution in [0.2, 0.25) is 0 Å². The molecule has 0 saturated carbocycles. The van der Waals surface area contributed by atoms with Crippen LogP contribution in [0.15, 0.2) is 0 Å². The van der Waals surface area contributed by atoms with Crippen LogP contribution >= 0.6 is 0 Å². The molecule has 0 bridgehead atoms. The summed E-state index contributed by atoms with van der Waals surface area (Å²) in [6.45, 7) is 5.69. The highest BCUT2D eigenvalue weighted by Gasteiger charge is 2.31. The lowest BCUT2D eigenvalue weighted by atomic mass is 10.1. The van der Waals surface area contributed by atoms with Gasteiger partial charge in [0.1, 0.15) is 5.82 Å².